The molecule has 58 heavy (non-hydrogen) atoms. The second-order valence-corrected chi connectivity index (χ2v) is 14.9. The van der Waals surface area contributed by atoms with Crippen molar-refractivity contribution >= 4 is 44.9 Å². The van der Waals surface area contributed by atoms with Crippen LogP contribution in [-0.2, 0) is 0 Å². The van der Waals surface area contributed by atoms with Crippen LogP contribution in [0.1, 0.15) is 25.1 Å². The van der Waals surface area contributed by atoms with Gasteiger partial charge in [-0.05, 0) is 131 Å². The molecule has 2 heterocycles. The molecule has 0 aliphatic heterocycles. The lowest BCUT2D eigenvalue weighted by Gasteiger charge is -2.14. The number of nitrogens with zero attached hydrogens (tertiary/aromatic N) is 2. The van der Waals surface area contributed by atoms with Crippen LogP contribution in [0.25, 0.3) is 101 Å². The third-order valence-corrected chi connectivity index (χ3v) is 11.3. The molecule has 2 aromatic heterocycles. The zero-order chi connectivity index (χ0) is 39.0. The summed E-state index contributed by atoms with van der Waals surface area (Å²) in [5, 5.41) is 3.79. The second-order valence-electron chi connectivity index (χ2n) is 14.9. The summed E-state index contributed by atoms with van der Waals surface area (Å²) in [5.41, 5.74) is 17.9. The van der Waals surface area contributed by atoms with E-state index in [2.05, 4.69) is 241 Å². The summed E-state index contributed by atoms with van der Waals surface area (Å²) in [7, 11) is 0. The summed E-state index contributed by atoms with van der Waals surface area (Å²) in [6, 6.07) is 70.7. The number of benzene rings is 8. The van der Waals surface area contributed by atoms with E-state index in [-0.39, 0.29) is 0 Å². The molecule has 0 radical (unpaired) electrons. The maximum atomic E-state index is 2.38. The van der Waals surface area contributed by atoms with Gasteiger partial charge < -0.3 is 9.13 Å². The van der Waals surface area contributed by atoms with E-state index < -0.39 is 0 Å². The highest BCUT2D eigenvalue weighted by Crippen LogP contribution is 2.37. The van der Waals surface area contributed by atoms with Gasteiger partial charge in [0.2, 0.25) is 0 Å². The third-order valence-electron chi connectivity index (χ3n) is 11.3. The Morgan fingerprint density at radius 1 is 0.310 bits per heavy atom. The Morgan fingerprint density at radius 2 is 0.707 bits per heavy atom. The van der Waals surface area contributed by atoms with E-state index in [4.69, 9.17) is 0 Å². The number of hydrogen-bond acceptors (Lipinski definition) is 0. The van der Waals surface area contributed by atoms with Crippen LogP contribution in [0.2, 0.25) is 0 Å². The van der Waals surface area contributed by atoms with Gasteiger partial charge in [-0.25, -0.2) is 0 Å². The Kier molecular flexibility index (Phi) is 9.01. The predicted octanol–water partition coefficient (Wildman–Crippen LogP) is 15.5. The molecule has 10 aromatic rings. The number of para-hydroxylation sites is 3. The number of aromatic nitrogens is 2. The van der Waals surface area contributed by atoms with Crippen molar-refractivity contribution < 1.29 is 0 Å². The number of hydrogen-bond donors (Lipinski definition) is 0. The molecular weight excluding hydrogens is 701 g/mol. The number of allylic oxidation sites excluding steroid dienone is 2. The van der Waals surface area contributed by atoms with Gasteiger partial charge >= 0.3 is 0 Å². The van der Waals surface area contributed by atoms with E-state index in [1.807, 2.05) is 0 Å². The summed E-state index contributed by atoms with van der Waals surface area (Å²) in [6.45, 7) is 4.16. The highest BCUT2D eigenvalue weighted by atomic mass is 15.0. The molecule has 0 unspecified atom stereocenters. The largest absolute Gasteiger partial charge is 0.309 e. The van der Waals surface area contributed by atoms with Crippen molar-refractivity contribution in [1.82, 2.24) is 9.13 Å². The lowest BCUT2D eigenvalue weighted by atomic mass is 9.92. The molecule has 0 saturated heterocycles. The quantitative estimate of drug-likeness (QED) is 0.147. The van der Waals surface area contributed by atoms with E-state index in [9.17, 15) is 0 Å². The van der Waals surface area contributed by atoms with Crippen LogP contribution in [0.5, 0.6) is 0 Å². The fourth-order valence-electron chi connectivity index (χ4n) is 8.67. The van der Waals surface area contributed by atoms with Gasteiger partial charge in [-0.3, -0.25) is 0 Å². The van der Waals surface area contributed by atoms with Gasteiger partial charge in [0.1, 0.15) is 0 Å². The average Bonchev–Trinajstić information content (AvgIpc) is 3.79. The molecule has 10 rings (SSSR count). The van der Waals surface area contributed by atoms with Crippen molar-refractivity contribution in [2.75, 3.05) is 0 Å². The molecule has 0 saturated carbocycles. The summed E-state index contributed by atoms with van der Waals surface area (Å²) >= 11 is 0. The number of fused-ring (bicyclic) bond motifs is 4. The van der Waals surface area contributed by atoms with Gasteiger partial charge in [0, 0.05) is 33.1 Å². The minimum absolute atomic E-state index is 1.14. The molecule has 276 valence electrons. The summed E-state index contributed by atoms with van der Waals surface area (Å²) in [4.78, 5) is 0. The Hall–Kier alpha value is -7.42. The molecule has 0 atom stereocenters. The van der Waals surface area contributed by atoms with Crippen LogP contribution in [0.15, 0.2) is 206 Å². The molecule has 0 aliphatic carbocycles. The molecule has 0 aliphatic rings. The highest BCUT2D eigenvalue weighted by molar-refractivity contribution is 6.09. The molecule has 0 spiro atoms. The van der Waals surface area contributed by atoms with Gasteiger partial charge in [-0.1, -0.05) is 146 Å². The van der Waals surface area contributed by atoms with E-state index in [0.717, 1.165) is 11.4 Å². The predicted molar refractivity (Wildman–Crippen MR) is 249 cm³/mol. The normalized spacial score (nSPS) is 11.8. The summed E-state index contributed by atoms with van der Waals surface area (Å²) < 4.78 is 4.75. The summed E-state index contributed by atoms with van der Waals surface area (Å²) in [5.74, 6) is 0. The van der Waals surface area contributed by atoms with Crippen molar-refractivity contribution in [2.24, 2.45) is 0 Å². The molecule has 0 amide bonds. The van der Waals surface area contributed by atoms with Crippen LogP contribution < -0.4 is 0 Å². The van der Waals surface area contributed by atoms with Crippen LogP contribution in [-0.4, -0.2) is 9.13 Å². The Balaban J connectivity index is 1.03. The Morgan fingerprint density at radius 3 is 1.28 bits per heavy atom. The van der Waals surface area contributed by atoms with Crippen LogP contribution in [0.4, 0.5) is 0 Å². The first-order chi connectivity index (χ1) is 28.7. The molecule has 0 bridgehead atoms. The first kappa shape index (κ1) is 35.0. The zero-order valence-corrected chi connectivity index (χ0v) is 32.7. The minimum Gasteiger partial charge on any atom is -0.309 e. The van der Waals surface area contributed by atoms with Gasteiger partial charge in [0.25, 0.3) is 0 Å². The lowest BCUT2D eigenvalue weighted by molar-refractivity contribution is 1.10. The third kappa shape index (κ3) is 6.16. The highest BCUT2D eigenvalue weighted by Gasteiger charge is 2.16. The summed E-state index contributed by atoms with van der Waals surface area (Å²) in [6.07, 6.45) is 8.67. The van der Waals surface area contributed by atoms with Crippen molar-refractivity contribution in [3.63, 3.8) is 0 Å². The molecule has 0 fully saturated rings. The second kappa shape index (κ2) is 14.9. The van der Waals surface area contributed by atoms with E-state index >= 15 is 0 Å². The zero-order valence-electron chi connectivity index (χ0n) is 32.7. The fraction of sp³-hybridized carbons (Fsp3) is 0.0357. The van der Waals surface area contributed by atoms with Crippen molar-refractivity contribution in [3.05, 3.63) is 218 Å². The first-order valence-electron chi connectivity index (χ1n) is 20.1. The fourth-order valence-corrected chi connectivity index (χ4v) is 8.67. The molecule has 2 heteroatoms. The van der Waals surface area contributed by atoms with Crippen LogP contribution >= 0.6 is 0 Å². The van der Waals surface area contributed by atoms with Gasteiger partial charge in [0.15, 0.2) is 0 Å². The Bertz CT molecular complexity index is 3100. The monoisotopic (exact) mass is 742 g/mol. The van der Waals surface area contributed by atoms with Gasteiger partial charge in [-0.2, -0.15) is 0 Å². The molecular formula is C56H42N2. The van der Waals surface area contributed by atoms with Gasteiger partial charge in [-0.15, -0.1) is 0 Å². The van der Waals surface area contributed by atoms with Crippen molar-refractivity contribution in [3.8, 4) is 55.9 Å². The van der Waals surface area contributed by atoms with E-state index in [1.165, 1.54) is 88.5 Å². The van der Waals surface area contributed by atoms with Crippen molar-refractivity contribution in [1.29, 1.82) is 0 Å². The smallest absolute Gasteiger partial charge is 0.0541 e. The standard InChI is InChI=1S/C56H42N2/c1-3-15-49-50-21-8-11-24-54(50)57(53(49)16-4-2)47-31-27-40(28-32-47)42-19-14-20-43(35-42)46-37-44(39-17-6-5-7-18-39)36-45(38-46)41-29-33-48(34-30-41)58-55-25-12-9-22-51(55)52-23-10-13-26-56(52)58/h3-38H,1-2H3/b15-3+,16-4-. The van der Waals surface area contributed by atoms with Crippen molar-refractivity contribution in [2.45, 2.75) is 13.8 Å². The lowest BCUT2D eigenvalue weighted by Crippen LogP contribution is -1.97. The number of rotatable bonds is 8. The SMILES string of the molecule is C/C=C\c1c(/C=C/C)c2ccccc2n1-c1ccc(-c2cccc(-c3cc(-c4ccccc4)cc(-c4ccc(-n5c6ccccc6c6ccccc65)cc4)c3)c2)cc1. The molecule has 8 aromatic carbocycles. The van der Waals surface area contributed by atoms with Crippen LogP contribution in [0.3, 0.4) is 0 Å². The van der Waals surface area contributed by atoms with Gasteiger partial charge in [0.05, 0.1) is 22.2 Å². The van der Waals surface area contributed by atoms with E-state index in [0.29, 0.717) is 0 Å². The molecule has 2 nitrogen and oxygen atoms in total. The average molecular weight is 743 g/mol. The minimum atomic E-state index is 1.14. The maximum Gasteiger partial charge on any atom is 0.0541 e. The van der Waals surface area contributed by atoms with E-state index in [1.54, 1.807) is 0 Å². The Labute approximate surface area is 339 Å². The first-order valence-corrected chi connectivity index (χ1v) is 20.1. The maximum absolute atomic E-state index is 2.38. The van der Waals surface area contributed by atoms with Crippen LogP contribution in [0, 0.1) is 0 Å². The topological polar surface area (TPSA) is 9.86 Å². The molecule has 0 N–H and O–H groups in total.